The molecule has 2 heterocycles. The highest BCUT2D eigenvalue weighted by Gasteiger charge is 2.06. The number of rotatable bonds is 2. The summed E-state index contributed by atoms with van der Waals surface area (Å²) in [5.41, 5.74) is 13.2. The molecule has 0 aliphatic heterocycles. The fraction of sp³-hybridized carbons (Fsp3) is 0. The number of hydrogen-bond acceptors (Lipinski definition) is 4. The zero-order chi connectivity index (χ0) is 9.97. The van der Waals surface area contributed by atoms with Crippen LogP contribution < -0.4 is 11.5 Å². The Morgan fingerprint density at radius 3 is 1.57 bits per heavy atom. The third kappa shape index (κ3) is 1.66. The van der Waals surface area contributed by atoms with Gasteiger partial charge in [0.05, 0.1) is 21.1 Å². The first kappa shape index (κ1) is 9.30. The van der Waals surface area contributed by atoms with Crippen molar-refractivity contribution in [2.45, 2.75) is 0 Å². The second kappa shape index (κ2) is 3.86. The van der Waals surface area contributed by atoms with Crippen LogP contribution in [0.2, 0.25) is 0 Å². The lowest BCUT2D eigenvalue weighted by Crippen LogP contribution is -2.05. The Bertz CT molecular complexity index is 384. The molecule has 0 aliphatic carbocycles. The molecule has 0 spiro atoms. The van der Waals surface area contributed by atoms with Gasteiger partial charge in [-0.15, -0.1) is 22.7 Å². The minimum Gasteiger partial charge on any atom is -0.396 e. The van der Waals surface area contributed by atoms with E-state index in [0.717, 1.165) is 9.75 Å². The summed E-state index contributed by atoms with van der Waals surface area (Å²) < 4.78 is 0. The van der Waals surface area contributed by atoms with Crippen LogP contribution in [0.5, 0.6) is 0 Å². The van der Waals surface area contributed by atoms with Crippen molar-refractivity contribution < 1.29 is 0 Å². The van der Waals surface area contributed by atoms with Gasteiger partial charge in [0, 0.05) is 0 Å². The Hall–Kier alpha value is -1.26. The first-order valence-electron chi connectivity index (χ1n) is 4.12. The van der Waals surface area contributed by atoms with Gasteiger partial charge in [-0.2, -0.15) is 0 Å². The molecule has 2 nitrogen and oxygen atoms in total. The molecule has 0 radical (unpaired) electrons. The third-order valence-electron chi connectivity index (χ3n) is 1.86. The molecular weight excluding hydrogens is 212 g/mol. The van der Waals surface area contributed by atoms with Crippen molar-refractivity contribution in [1.82, 2.24) is 0 Å². The van der Waals surface area contributed by atoms with E-state index >= 15 is 0 Å². The zero-order valence-electron chi connectivity index (χ0n) is 7.44. The van der Waals surface area contributed by atoms with E-state index in [1.165, 1.54) is 0 Å². The maximum atomic E-state index is 5.95. The molecule has 0 fully saturated rings. The van der Waals surface area contributed by atoms with E-state index in [2.05, 4.69) is 0 Å². The maximum absolute atomic E-state index is 5.95. The van der Waals surface area contributed by atoms with Crippen LogP contribution in [0.3, 0.4) is 0 Å². The quantitative estimate of drug-likeness (QED) is 0.820. The maximum Gasteiger partial charge on any atom is 0.0737 e. The molecule has 0 amide bonds. The monoisotopic (exact) mass is 222 g/mol. The van der Waals surface area contributed by atoms with Gasteiger partial charge in [0.25, 0.3) is 0 Å². The van der Waals surface area contributed by atoms with Gasteiger partial charge in [0.1, 0.15) is 0 Å². The van der Waals surface area contributed by atoms with Crippen LogP contribution in [0.15, 0.2) is 35.0 Å². The molecule has 0 atom stereocenters. The predicted octanol–water partition coefficient (Wildman–Crippen LogP) is 2.55. The molecule has 0 unspecified atom stereocenters. The van der Waals surface area contributed by atoms with E-state index in [-0.39, 0.29) is 0 Å². The van der Waals surface area contributed by atoms with Crippen LogP contribution in [0, 0.1) is 0 Å². The summed E-state index contributed by atoms with van der Waals surface area (Å²) in [6.07, 6.45) is 0. The van der Waals surface area contributed by atoms with Crippen molar-refractivity contribution in [1.29, 1.82) is 0 Å². The first-order chi connectivity index (χ1) is 6.79. The zero-order valence-corrected chi connectivity index (χ0v) is 9.07. The van der Waals surface area contributed by atoms with Gasteiger partial charge in [0.2, 0.25) is 0 Å². The van der Waals surface area contributed by atoms with Crippen molar-refractivity contribution in [2.24, 2.45) is 11.5 Å². The summed E-state index contributed by atoms with van der Waals surface area (Å²) in [6.45, 7) is 0. The Kier molecular flexibility index (Phi) is 2.56. The molecule has 2 aromatic heterocycles. The summed E-state index contributed by atoms with van der Waals surface area (Å²) >= 11 is 3.20. The van der Waals surface area contributed by atoms with E-state index in [9.17, 15) is 0 Å². The van der Waals surface area contributed by atoms with Gasteiger partial charge in [-0.1, -0.05) is 12.1 Å². The second-order valence-electron chi connectivity index (χ2n) is 2.78. The summed E-state index contributed by atoms with van der Waals surface area (Å²) in [4.78, 5) is 2.05. The van der Waals surface area contributed by atoms with Crippen LogP contribution in [0.25, 0.3) is 11.4 Å². The number of hydrogen-bond donors (Lipinski definition) is 2. The molecule has 0 saturated heterocycles. The fourth-order valence-electron chi connectivity index (χ4n) is 1.13. The SMILES string of the molecule is N/C(=C(\N)c1cccs1)c1cccs1. The van der Waals surface area contributed by atoms with Gasteiger partial charge in [0.15, 0.2) is 0 Å². The molecule has 2 aromatic rings. The normalized spacial score (nSPS) is 12.6. The lowest BCUT2D eigenvalue weighted by Gasteiger charge is -2.02. The summed E-state index contributed by atoms with van der Waals surface area (Å²) in [5, 5.41) is 3.98. The van der Waals surface area contributed by atoms with E-state index in [1.807, 2.05) is 35.0 Å². The standard InChI is InChI=1S/C10H10N2S2/c11-9(7-3-1-5-13-7)10(12)8-4-2-6-14-8/h1-6H,11-12H2/b10-9-. The third-order valence-corrected chi connectivity index (χ3v) is 3.67. The van der Waals surface area contributed by atoms with E-state index < -0.39 is 0 Å². The smallest absolute Gasteiger partial charge is 0.0737 e. The lowest BCUT2D eigenvalue weighted by atomic mass is 10.2. The minimum absolute atomic E-state index is 0.669. The van der Waals surface area contributed by atoms with Crippen LogP contribution in [0.4, 0.5) is 0 Å². The van der Waals surface area contributed by atoms with Gasteiger partial charge >= 0.3 is 0 Å². The Morgan fingerprint density at radius 2 is 1.29 bits per heavy atom. The van der Waals surface area contributed by atoms with Gasteiger partial charge in [-0.3, -0.25) is 0 Å². The number of thiophene rings is 2. The molecule has 4 N–H and O–H groups in total. The van der Waals surface area contributed by atoms with Crippen molar-refractivity contribution in [3.05, 3.63) is 44.8 Å². The molecule has 0 bridgehead atoms. The Balaban J connectivity index is 2.41. The van der Waals surface area contributed by atoms with E-state index in [1.54, 1.807) is 22.7 Å². The minimum atomic E-state index is 0.669. The predicted molar refractivity (Wildman–Crippen MR) is 63.8 cm³/mol. The second-order valence-corrected chi connectivity index (χ2v) is 4.68. The lowest BCUT2D eigenvalue weighted by molar-refractivity contribution is 1.53. The van der Waals surface area contributed by atoms with Crippen molar-refractivity contribution in [2.75, 3.05) is 0 Å². The molecule has 0 saturated carbocycles. The molecule has 0 aliphatic rings. The fourth-order valence-corrected chi connectivity index (χ4v) is 2.52. The summed E-state index contributed by atoms with van der Waals surface area (Å²) in [7, 11) is 0. The van der Waals surface area contributed by atoms with Gasteiger partial charge in [-0.05, 0) is 22.9 Å². The van der Waals surface area contributed by atoms with E-state index in [0.29, 0.717) is 11.4 Å². The molecule has 4 heteroatoms. The molecular formula is C10H10N2S2. The summed E-state index contributed by atoms with van der Waals surface area (Å²) in [6, 6.07) is 7.88. The Morgan fingerprint density at radius 1 is 0.857 bits per heavy atom. The number of nitrogens with two attached hydrogens (primary N) is 2. The van der Waals surface area contributed by atoms with Crippen molar-refractivity contribution >= 4 is 34.1 Å². The van der Waals surface area contributed by atoms with Crippen LogP contribution in [0.1, 0.15) is 9.75 Å². The highest BCUT2D eigenvalue weighted by molar-refractivity contribution is 7.12. The largest absolute Gasteiger partial charge is 0.396 e. The van der Waals surface area contributed by atoms with E-state index in [4.69, 9.17) is 11.5 Å². The summed E-state index contributed by atoms with van der Waals surface area (Å²) in [5.74, 6) is 0. The van der Waals surface area contributed by atoms with Crippen molar-refractivity contribution in [3.8, 4) is 0 Å². The average molecular weight is 222 g/mol. The molecule has 72 valence electrons. The van der Waals surface area contributed by atoms with Crippen LogP contribution in [-0.2, 0) is 0 Å². The average Bonchev–Trinajstić information content (AvgIpc) is 2.87. The first-order valence-corrected chi connectivity index (χ1v) is 5.88. The van der Waals surface area contributed by atoms with Crippen LogP contribution >= 0.6 is 22.7 Å². The topological polar surface area (TPSA) is 52.0 Å². The van der Waals surface area contributed by atoms with Gasteiger partial charge < -0.3 is 11.5 Å². The highest BCUT2D eigenvalue weighted by atomic mass is 32.1. The molecule has 2 rings (SSSR count). The van der Waals surface area contributed by atoms with Crippen LogP contribution in [-0.4, -0.2) is 0 Å². The van der Waals surface area contributed by atoms with Gasteiger partial charge in [-0.25, -0.2) is 0 Å². The molecule has 0 aromatic carbocycles. The molecule has 14 heavy (non-hydrogen) atoms. The van der Waals surface area contributed by atoms with Crippen molar-refractivity contribution in [3.63, 3.8) is 0 Å². The highest BCUT2D eigenvalue weighted by Crippen LogP contribution is 2.24. The Labute approximate surface area is 90.5 Å².